The van der Waals surface area contributed by atoms with Gasteiger partial charge in [-0.2, -0.15) is 0 Å². The zero-order chi connectivity index (χ0) is 61.5. The molecule has 0 aromatic heterocycles. The highest BCUT2D eigenvalue weighted by Gasteiger charge is 2.39. The van der Waals surface area contributed by atoms with E-state index < -0.39 is 52.1 Å². The summed E-state index contributed by atoms with van der Waals surface area (Å²) in [4.78, 5) is 70.6. The van der Waals surface area contributed by atoms with Crippen molar-refractivity contribution in [3.63, 3.8) is 0 Å². The summed E-state index contributed by atoms with van der Waals surface area (Å²) in [6.45, 7) is 22.4. The van der Waals surface area contributed by atoms with E-state index in [0.29, 0.717) is 0 Å². The number of nitrogens with zero attached hydrogens (tertiary/aromatic N) is 3. The van der Waals surface area contributed by atoms with E-state index >= 15 is 0 Å². The van der Waals surface area contributed by atoms with Gasteiger partial charge in [-0.25, -0.2) is 0 Å². The van der Waals surface area contributed by atoms with Gasteiger partial charge in [0.2, 0.25) is 0 Å². The minimum Gasteiger partial charge on any atom is -0.465 e. The molecule has 3 atom stereocenters. The summed E-state index contributed by atoms with van der Waals surface area (Å²) in [6.07, 6.45) is 3.44. The maximum atomic E-state index is 12.5. The van der Waals surface area contributed by atoms with Crippen LogP contribution in [-0.2, 0) is 111 Å². The first kappa shape index (κ1) is 82.5. The van der Waals surface area contributed by atoms with Crippen LogP contribution in [0.1, 0.15) is 115 Å². The Kier molecular flexibility index (Phi) is 39.8. The van der Waals surface area contributed by atoms with Crippen LogP contribution in [0, 0.1) is 38.5 Å². The molecule has 3 rings (SSSR count). The smallest absolute Gasteiger partial charge is 0.317 e. The molecule has 3 unspecified atom stereocenters. The summed E-state index contributed by atoms with van der Waals surface area (Å²) in [5.74, 6) is -2.67. The number of hydrogen-bond acceptors (Lipinski definition) is 15. The molecule has 0 saturated heterocycles. The van der Waals surface area contributed by atoms with Crippen LogP contribution in [0.5, 0.6) is 0 Å². The van der Waals surface area contributed by atoms with Gasteiger partial charge in [-0.15, -0.1) is 0 Å². The van der Waals surface area contributed by atoms with E-state index in [0.717, 1.165) is 88.7 Å². The lowest BCUT2D eigenvalue weighted by Gasteiger charge is -2.29. The molecule has 0 aliphatic heterocycles. The van der Waals surface area contributed by atoms with Crippen LogP contribution in [0.4, 0.5) is 0 Å². The fourth-order valence-corrected chi connectivity index (χ4v) is 8.94. The number of ether oxygens (including phenoxy) is 9. The van der Waals surface area contributed by atoms with Crippen molar-refractivity contribution in [3.8, 4) is 0 Å². The van der Waals surface area contributed by atoms with Gasteiger partial charge in [0.15, 0.2) is 0 Å². The predicted molar refractivity (Wildman–Crippen MR) is 331 cm³/mol. The Morgan fingerprint density at radius 1 is 0.345 bits per heavy atom. The van der Waals surface area contributed by atoms with Crippen LogP contribution >= 0.6 is 0 Å². The third kappa shape index (κ3) is 33.1. The average molecular weight is 1190 g/mol. The fourth-order valence-electron chi connectivity index (χ4n) is 8.94. The normalized spacial score (nSPS) is 13.2. The van der Waals surface area contributed by atoms with Crippen LogP contribution in [-0.4, -0.2) is 172 Å². The second-order valence-electron chi connectivity index (χ2n) is 24.0. The molecule has 0 bridgehead atoms. The Hall–Kier alpha value is -5.76. The van der Waals surface area contributed by atoms with Crippen molar-refractivity contribution >= 4 is 35.8 Å². The lowest BCUT2D eigenvalue weighted by Crippen LogP contribution is -2.39. The van der Waals surface area contributed by atoms with E-state index in [4.69, 9.17) is 42.6 Å². The third-order valence-corrected chi connectivity index (χ3v) is 13.1. The van der Waals surface area contributed by atoms with Crippen molar-refractivity contribution in [3.05, 3.63) is 128 Å². The van der Waals surface area contributed by atoms with Crippen molar-refractivity contribution < 1.29 is 84.8 Å². The molecule has 3 aromatic carbocycles. The van der Waals surface area contributed by atoms with Gasteiger partial charge in [0, 0.05) is 58.8 Å². The number of hydrogen-bond donors (Lipinski definition) is 0. The summed E-state index contributed by atoms with van der Waals surface area (Å²) >= 11 is 0. The summed E-state index contributed by atoms with van der Waals surface area (Å²) in [5, 5.41) is 0. The van der Waals surface area contributed by atoms with Gasteiger partial charge in [0.25, 0.3) is 0 Å². The topological polar surface area (TPSA) is 185 Å². The Bertz CT molecular complexity index is 2100. The number of methoxy groups -OCH3 is 3. The van der Waals surface area contributed by atoms with Gasteiger partial charge in [0.05, 0.1) is 81.7 Å². The maximum absolute atomic E-state index is 12.5. The molecular formula is C66H111N3O15. The highest BCUT2D eigenvalue weighted by Crippen LogP contribution is 2.25. The molecule has 18 nitrogen and oxygen atoms in total. The highest BCUT2D eigenvalue weighted by molar-refractivity contribution is 5.78. The summed E-state index contributed by atoms with van der Waals surface area (Å²) in [7, 11) is 17.8. The second-order valence-corrected chi connectivity index (χ2v) is 24.0. The van der Waals surface area contributed by atoms with E-state index in [2.05, 4.69) is 99.5 Å². The number of carbonyl (C=O) groups excluding carboxylic acids is 6. The molecule has 84 heavy (non-hydrogen) atoms. The predicted octanol–water partition coefficient (Wildman–Crippen LogP) is 10.1. The maximum Gasteiger partial charge on any atom is 0.317 e. The standard InChI is InChI=1S/3C21H34NO5.3CH3/c3*1-7-12-22(4,5)13-18-8-10-19(11-9-18)14-26-20(24)21(3,15-25-6)16-27-17(2)23;;;/h3*8-11H,7,12-16H2,1-6H3;3*1H3/q3*+1;3*-1. The van der Waals surface area contributed by atoms with E-state index in [-0.39, 0.29) is 81.7 Å². The van der Waals surface area contributed by atoms with Crippen molar-refractivity contribution in [2.45, 2.75) is 121 Å². The van der Waals surface area contributed by atoms with Gasteiger partial charge < -0.3 is 78.4 Å². The highest BCUT2D eigenvalue weighted by atomic mass is 16.6. The van der Waals surface area contributed by atoms with Gasteiger partial charge in [-0.3, -0.25) is 28.8 Å². The zero-order valence-electron chi connectivity index (χ0n) is 55.6. The zero-order valence-corrected chi connectivity index (χ0v) is 55.6. The fraction of sp³-hybridized carbons (Fsp3) is 0.591. The molecule has 0 radical (unpaired) electrons. The lowest BCUT2D eigenvalue weighted by molar-refractivity contribution is -0.903. The minimum atomic E-state index is -1.03. The Morgan fingerprint density at radius 2 is 0.536 bits per heavy atom. The lowest BCUT2D eigenvalue weighted by atomic mass is 9.93. The Morgan fingerprint density at radius 3 is 0.702 bits per heavy atom. The van der Waals surface area contributed by atoms with Gasteiger partial charge >= 0.3 is 35.8 Å². The van der Waals surface area contributed by atoms with Crippen LogP contribution in [0.2, 0.25) is 0 Å². The SMILES string of the molecule is CCC[N+](C)(C)Cc1ccc(COC(=O)C(C)(COC)COC(C)=O)cc1.CCC[N+](C)(C)Cc1ccc(COC(=O)C(C)(COC)COC(C)=O)cc1.CCC[N+](C)(C)Cc1ccc(COC(=O)C(C)(COC)COC(C)=O)cc1.[CH3-].[CH3-].[CH3-]. The van der Waals surface area contributed by atoms with Gasteiger partial charge in [0.1, 0.15) is 75.5 Å². The van der Waals surface area contributed by atoms with Crippen LogP contribution < -0.4 is 0 Å². The minimum absolute atomic E-state index is 0. The number of benzene rings is 3. The average Bonchev–Trinajstić information content (AvgIpc) is 3.38. The van der Waals surface area contributed by atoms with E-state index in [9.17, 15) is 28.8 Å². The molecule has 0 aliphatic carbocycles. The molecule has 18 heteroatoms. The Balaban J connectivity index is -0.00000115. The number of rotatable bonds is 33. The van der Waals surface area contributed by atoms with Gasteiger partial charge in [-0.05, 0) is 56.7 Å². The molecule has 0 N–H and O–H groups in total. The molecular weight excluding hydrogens is 1070 g/mol. The quantitative estimate of drug-likeness (QED) is 0.0243. The molecule has 0 heterocycles. The van der Waals surface area contributed by atoms with E-state index in [1.54, 1.807) is 20.8 Å². The third-order valence-electron chi connectivity index (χ3n) is 13.1. The van der Waals surface area contributed by atoms with Gasteiger partial charge in [-0.1, -0.05) is 93.6 Å². The summed E-state index contributed by atoms with van der Waals surface area (Å²) < 4.78 is 49.4. The monoisotopic (exact) mass is 1190 g/mol. The van der Waals surface area contributed by atoms with Crippen molar-refractivity contribution in [1.29, 1.82) is 0 Å². The first-order valence-electron chi connectivity index (χ1n) is 27.9. The number of carbonyl (C=O) groups is 6. The molecule has 3 aromatic rings. The Labute approximate surface area is 507 Å². The molecule has 0 amide bonds. The number of quaternary nitrogens is 3. The molecule has 0 fully saturated rings. The second kappa shape index (κ2) is 40.5. The number of esters is 6. The van der Waals surface area contributed by atoms with E-state index in [1.807, 2.05) is 36.4 Å². The molecule has 0 aliphatic rings. The van der Waals surface area contributed by atoms with Crippen molar-refractivity contribution in [2.75, 3.05) is 123 Å². The first-order valence-corrected chi connectivity index (χ1v) is 27.9. The molecule has 480 valence electrons. The molecule has 0 spiro atoms. The summed E-state index contributed by atoms with van der Waals surface area (Å²) in [6, 6.07) is 24.3. The van der Waals surface area contributed by atoms with Crippen LogP contribution in [0.25, 0.3) is 0 Å². The molecule has 0 saturated carbocycles. The van der Waals surface area contributed by atoms with Crippen molar-refractivity contribution in [1.82, 2.24) is 0 Å². The van der Waals surface area contributed by atoms with Crippen LogP contribution in [0.3, 0.4) is 0 Å². The first-order chi connectivity index (χ1) is 37.8. The summed E-state index contributed by atoms with van der Waals surface area (Å²) in [5.41, 5.74) is 3.43. The van der Waals surface area contributed by atoms with E-state index in [1.165, 1.54) is 58.8 Å². The largest absolute Gasteiger partial charge is 0.465 e. The van der Waals surface area contributed by atoms with Crippen molar-refractivity contribution in [2.24, 2.45) is 16.2 Å². The van der Waals surface area contributed by atoms with Crippen LogP contribution in [0.15, 0.2) is 72.8 Å².